The van der Waals surface area contributed by atoms with E-state index in [4.69, 9.17) is 5.11 Å². The van der Waals surface area contributed by atoms with Gasteiger partial charge in [-0.05, 0) is 56.8 Å². The first-order valence-corrected chi connectivity index (χ1v) is 8.58. The molecule has 3 rings (SSSR count). The van der Waals surface area contributed by atoms with Gasteiger partial charge in [0.05, 0.1) is 11.3 Å². The molecular formula is C19H24FN3O2. The van der Waals surface area contributed by atoms with Gasteiger partial charge in [-0.25, -0.2) is 9.18 Å². The summed E-state index contributed by atoms with van der Waals surface area (Å²) in [7, 11) is 1.97. The maximum atomic E-state index is 13.5. The molecule has 2 aromatic rings. The third-order valence-electron chi connectivity index (χ3n) is 5.20. The highest BCUT2D eigenvalue weighted by molar-refractivity contribution is 5.88. The van der Waals surface area contributed by atoms with Crippen LogP contribution in [0.3, 0.4) is 0 Å². The summed E-state index contributed by atoms with van der Waals surface area (Å²) in [6.07, 6.45) is 1.85. The highest BCUT2D eigenvalue weighted by Gasteiger charge is 2.25. The van der Waals surface area contributed by atoms with Crippen LogP contribution in [0, 0.1) is 25.6 Å². The summed E-state index contributed by atoms with van der Waals surface area (Å²) in [6, 6.07) is 4.42. The Morgan fingerprint density at radius 3 is 2.80 bits per heavy atom. The standard InChI is InChI=1S/C19H24FN3O2/c1-12-17(13(2)22(3)21-12)11-23-7-6-15(10-23)8-14-4-5-18(20)16(9-14)19(24)25/h4-5,9,15H,6-8,10-11H2,1-3H3,(H,24,25). The fourth-order valence-corrected chi connectivity index (χ4v) is 3.69. The third kappa shape index (κ3) is 3.74. The van der Waals surface area contributed by atoms with Crippen molar-refractivity contribution in [3.05, 3.63) is 52.1 Å². The summed E-state index contributed by atoms with van der Waals surface area (Å²) in [5.74, 6) is -1.42. The predicted molar refractivity (Wildman–Crippen MR) is 93.1 cm³/mol. The number of carboxylic acids is 1. The topological polar surface area (TPSA) is 58.4 Å². The molecule has 2 heterocycles. The third-order valence-corrected chi connectivity index (χ3v) is 5.20. The molecule has 0 radical (unpaired) electrons. The molecule has 1 atom stereocenters. The van der Waals surface area contributed by atoms with Crippen molar-refractivity contribution in [1.29, 1.82) is 0 Å². The van der Waals surface area contributed by atoms with Gasteiger partial charge in [-0.1, -0.05) is 6.07 Å². The summed E-state index contributed by atoms with van der Waals surface area (Å²) in [4.78, 5) is 13.5. The number of aryl methyl sites for hydroxylation is 2. The monoisotopic (exact) mass is 345 g/mol. The van der Waals surface area contributed by atoms with E-state index in [-0.39, 0.29) is 5.56 Å². The van der Waals surface area contributed by atoms with Crippen LogP contribution in [0.5, 0.6) is 0 Å². The van der Waals surface area contributed by atoms with E-state index in [2.05, 4.69) is 16.9 Å². The first-order chi connectivity index (χ1) is 11.8. The van der Waals surface area contributed by atoms with E-state index >= 15 is 0 Å². The van der Waals surface area contributed by atoms with Crippen molar-refractivity contribution < 1.29 is 14.3 Å². The van der Waals surface area contributed by atoms with Crippen LogP contribution in [-0.4, -0.2) is 38.8 Å². The van der Waals surface area contributed by atoms with E-state index < -0.39 is 11.8 Å². The number of rotatable bonds is 5. The van der Waals surface area contributed by atoms with E-state index in [1.54, 1.807) is 6.07 Å². The molecule has 0 spiro atoms. The minimum atomic E-state index is -1.21. The van der Waals surface area contributed by atoms with Gasteiger partial charge in [0.2, 0.25) is 0 Å². The number of likely N-dealkylation sites (tertiary alicyclic amines) is 1. The first kappa shape index (κ1) is 17.6. The molecule has 1 aliphatic rings. The number of nitrogens with zero attached hydrogens (tertiary/aromatic N) is 3. The molecule has 0 amide bonds. The molecule has 25 heavy (non-hydrogen) atoms. The SMILES string of the molecule is Cc1nn(C)c(C)c1CN1CCC(Cc2ccc(F)c(C(=O)O)c2)C1. The van der Waals surface area contributed by atoms with Crippen molar-refractivity contribution in [3.63, 3.8) is 0 Å². The zero-order valence-corrected chi connectivity index (χ0v) is 14.9. The number of halogens is 1. The number of carboxylic acid groups (broad SMARTS) is 1. The second kappa shape index (κ2) is 6.96. The average Bonchev–Trinajstić information content (AvgIpc) is 3.09. The van der Waals surface area contributed by atoms with Gasteiger partial charge in [0.1, 0.15) is 5.82 Å². The Bertz CT molecular complexity index is 800. The van der Waals surface area contributed by atoms with Crippen molar-refractivity contribution in [2.24, 2.45) is 13.0 Å². The summed E-state index contributed by atoms with van der Waals surface area (Å²) < 4.78 is 15.4. The van der Waals surface area contributed by atoms with Crippen molar-refractivity contribution in [2.45, 2.75) is 33.2 Å². The lowest BCUT2D eigenvalue weighted by molar-refractivity contribution is 0.0691. The number of hydrogen-bond acceptors (Lipinski definition) is 3. The number of aromatic nitrogens is 2. The maximum Gasteiger partial charge on any atom is 0.338 e. The van der Waals surface area contributed by atoms with E-state index in [1.165, 1.54) is 23.4 Å². The van der Waals surface area contributed by atoms with Crippen LogP contribution in [0.4, 0.5) is 4.39 Å². The lowest BCUT2D eigenvalue weighted by Gasteiger charge is -2.16. The molecule has 1 aromatic heterocycles. The van der Waals surface area contributed by atoms with E-state index in [9.17, 15) is 9.18 Å². The molecular weight excluding hydrogens is 321 g/mol. The summed E-state index contributed by atoms with van der Waals surface area (Å²) in [5.41, 5.74) is 4.21. The highest BCUT2D eigenvalue weighted by atomic mass is 19.1. The zero-order valence-electron chi connectivity index (χ0n) is 14.9. The Balaban J connectivity index is 1.64. The predicted octanol–water partition coefficient (Wildman–Crippen LogP) is 2.94. The van der Waals surface area contributed by atoms with Gasteiger partial charge in [0, 0.05) is 31.4 Å². The van der Waals surface area contributed by atoms with E-state index in [0.717, 1.165) is 43.7 Å². The van der Waals surface area contributed by atoms with E-state index in [1.807, 2.05) is 18.7 Å². The molecule has 134 valence electrons. The summed E-state index contributed by atoms with van der Waals surface area (Å²) in [5, 5.41) is 13.5. The van der Waals surface area contributed by atoms with Gasteiger partial charge in [-0.3, -0.25) is 9.58 Å². The second-order valence-electron chi connectivity index (χ2n) is 6.99. The Morgan fingerprint density at radius 1 is 1.40 bits per heavy atom. The minimum absolute atomic E-state index is 0.242. The van der Waals surface area contributed by atoms with Crippen LogP contribution in [0.2, 0.25) is 0 Å². The largest absolute Gasteiger partial charge is 0.478 e. The number of benzene rings is 1. The smallest absolute Gasteiger partial charge is 0.338 e. The Labute approximate surface area is 147 Å². The summed E-state index contributed by atoms with van der Waals surface area (Å²) in [6.45, 7) is 7.02. The van der Waals surface area contributed by atoms with Crippen LogP contribution in [0.25, 0.3) is 0 Å². The Kier molecular flexibility index (Phi) is 4.90. The number of carbonyl (C=O) groups is 1. The van der Waals surface area contributed by atoms with Gasteiger partial charge in [-0.2, -0.15) is 5.10 Å². The number of aromatic carboxylic acids is 1. The molecule has 5 nitrogen and oxygen atoms in total. The maximum absolute atomic E-state index is 13.5. The van der Waals surface area contributed by atoms with Crippen molar-refractivity contribution in [2.75, 3.05) is 13.1 Å². The molecule has 1 saturated heterocycles. The normalized spacial score (nSPS) is 18.0. The van der Waals surface area contributed by atoms with Gasteiger partial charge >= 0.3 is 5.97 Å². The molecule has 1 N–H and O–H groups in total. The van der Waals surface area contributed by atoms with Gasteiger partial charge in [0.25, 0.3) is 0 Å². The van der Waals surface area contributed by atoms with E-state index in [0.29, 0.717) is 5.92 Å². The zero-order chi connectivity index (χ0) is 18.1. The lowest BCUT2D eigenvalue weighted by atomic mass is 9.97. The fraction of sp³-hybridized carbons (Fsp3) is 0.474. The van der Waals surface area contributed by atoms with Crippen LogP contribution < -0.4 is 0 Å². The van der Waals surface area contributed by atoms with Crippen LogP contribution in [0.15, 0.2) is 18.2 Å². The summed E-state index contributed by atoms with van der Waals surface area (Å²) >= 11 is 0. The molecule has 0 aliphatic carbocycles. The molecule has 0 saturated carbocycles. The Morgan fingerprint density at radius 2 is 2.16 bits per heavy atom. The van der Waals surface area contributed by atoms with Crippen molar-refractivity contribution >= 4 is 5.97 Å². The molecule has 6 heteroatoms. The Hall–Kier alpha value is -2.21. The van der Waals surface area contributed by atoms with Crippen LogP contribution in [-0.2, 0) is 20.0 Å². The van der Waals surface area contributed by atoms with Gasteiger partial charge < -0.3 is 5.11 Å². The first-order valence-electron chi connectivity index (χ1n) is 8.58. The van der Waals surface area contributed by atoms with Gasteiger partial charge in [-0.15, -0.1) is 0 Å². The molecule has 0 bridgehead atoms. The number of hydrogen-bond donors (Lipinski definition) is 1. The van der Waals surface area contributed by atoms with Crippen molar-refractivity contribution in [1.82, 2.24) is 14.7 Å². The quantitative estimate of drug-likeness (QED) is 0.905. The lowest BCUT2D eigenvalue weighted by Crippen LogP contribution is -2.21. The highest BCUT2D eigenvalue weighted by Crippen LogP contribution is 2.25. The minimum Gasteiger partial charge on any atom is -0.478 e. The molecule has 1 aromatic carbocycles. The fourth-order valence-electron chi connectivity index (χ4n) is 3.69. The molecule has 1 aliphatic heterocycles. The van der Waals surface area contributed by atoms with Crippen molar-refractivity contribution in [3.8, 4) is 0 Å². The van der Waals surface area contributed by atoms with Crippen LogP contribution in [0.1, 0.15) is 39.3 Å². The molecule has 1 unspecified atom stereocenters. The molecule has 1 fully saturated rings. The second-order valence-corrected chi connectivity index (χ2v) is 6.99. The van der Waals surface area contributed by atoms with Crippen LogP contribution >= 0.6 is 0 Å². The average molecular weight is 345 g/mol. The van der Waals surface area contributed by atoms with Gasteiger partial charge in [0.15, 0.2) is 0 Å².